The predicted octanol–water partition coefficient (Wildman–Crippen LogP) is 1.82. The van der Waals surface area contributed by atoms with Gasteiger partial charge in [-0.3, -0.25) is 9.89 Å². The van der Waals surface area contributed by atoms with E-state index < -0.39 is 5.97 Å². The van der Waals surface area contributed by atoms with Crippen LogP contribution in [0, 0.1) is 0 Å². The van der Waals surface area contributed by atoms with Crippen LogP contribution in [0.1, 0.15) is 15.2 Å². The lowest BCUT2D eigenvalue weighted by atomic mass is 10.2. The van der Waals surface area contributed by atoms with Crippen molar-refractivity contribution in [3.05, 3.63) is 40.4 Å². The monoisotopic (exact) mass is 263 g/mol. The Morgan fingerprint density at radius 2 is 2.33 bits per heavy atom. The van der Waals surface area contributed by atoms with E-state index >= 15 is 0 Å². The largest absolute Gasteiger partial charge is 0.478 e. The molecule has 0 fully saturated rings. The van der Waals surface area contributed by atoms with Gasteiger partial charge in [0.1, 0.15) is 0 Å². The number of anilines is 1. The molecule has 7 heteroatoms. The molecule has 0 saturated carbocycles. The number of carboxylic acids is 1. The minimum Gasteiger partial charge on any atom is -0.478 e. The highest BCUT2D eigenvalue weighted by atomic mass is 32.1. The summed E-state index contributed by atoms with van der Waals surface area (Å²) in [7, 11) is 0. The Morgan fingerprint density at radius 3 is 3.00 bits per heavy atom. The normalized spacial score (nSPS) is 10.7. The molecular formula is C11H9N3O3S. The fourth-order valence-corrected chi connectivity index (χ4v) is 2.08. The molecule has 1 amide bonds. The van der Waals surface area contributed by atoms with Gasteiger partial charge in [-0.15, -0.1) is 11.3 Å². The van der Waals surface area contributed by atoms with Crippen LogP contribution in [0.25, 0.3) is 6.08 Å². The molecule has 0 spiro atoms. The average Bonchev–Trinajstić information content (AvgIpc) is 2.96. The molecular weight excluding hydrogens is 254 g/mol. The summed E-state index contributed by atoms with van der Waals surface area (Å²) in [6, 6.07) is 1.69. The number of rotatable bonds is 4. The number of nitrogens with zero attached hydrogens (tertiary/aromatic N) is 1. The number of aliphatic carboxylic acids is 1. The van der Waals surface area contributed by atoms with E-state index in [0.29, 0.717) is 16.1 Å². The van der Waals surface area contributed by atoms with Gasteiger partial charge in [0.15, 0.2) is 0 Å². The maximum Gasteiger partial charge on any atom is 0.328 e. The van der Waals surface area contributed by atoms with Gasteiger partial charge in [-0.2, -0.15) is 5.10 Å². The van der Waals surface area contributed by atoms with Gasteiger partial charge in [-0.25, -0.2) is 4.79 Å². The van der Waals surface area contributed by atoms with Gasteiger partial charge in [-0.1, -0.05) is 0 Å². The van der Waals surface area contributed by atoms with Crippen molar-refractivity contribution in [2.45, 2.75) is 0 Å². The number of carbonyl (C=O) groups excluding carboxylic acids is 1. The fourth-order valence-electron chi connectivity index (χ4n) is 1.30. The molecule has 0 unspecified atom stereocenters. The molecule has 3 N–H and O–H groups in total. The quantitative estimate of drug-likeness (QED) is 0.733. The van der Waals surface area contributed by atoms with E-state index in [9.17, 15) is 9.59 Å². The van der Waals surface area contributed by atoms with E-state index in [1.807, 2.05) is 0 Å². The Balaban J connectivity index is 2.16. The molecule has 0 bridgehead atoms. The first-order chi connectivity index (χ1) is 8.66. The highest BCUT2D eigenvalue weighted by Gasteiger charge is 2.12. The van der Waals surface area contributed by atoms with Crippen molar-refractivity contribution in [1.82, 2.24) is 10.2 Å². The van der Waals surface area contributed by atoms with Crippen LogP contribution in [0.15, 0.2) is 29.9 Å². The minimum absolute atomic E-state index is 0.295. The summed E-state index contributed by atoms with van der Waals surface area (Å²) in [5.41, 5.74) is 1.13. The van der Waals surface area contributed by atoms with Gasteiger partial charge in [0, 0.05) is 12.3 Å². The number of amides is 1. The zero-order valence-corrected chi connectivity index (χ0v) is 9.90. The second kappa shape index (κ2) is 5.28. The molecule has 0 atom stereocenters. The van der Waals surface area contributed by atoms with E-state index in [2.05, 4.69) is 15.5 Å². The first-order valence-electron chi connectivity index (χ1n) is 4.95. The third-order valence-corrected chi connectivity index (χ3v) is 2.99. The number of carbonyl (C=O) groups is 2. The van der Waals surface area contributed by atoms with E-state index in [-0.39, 0.29) is 5.91 Å². The molecule has 6 nitrogen and oxygen atoms in total. The third-order valence-electron chi connectivity index (χ3n) is 2.06. The van der Waals surface area contributed by atoms with Crippen molar-refractivity contribution in [3.63, 3.8) is 0 Å². The van der Waals surface area contributed by atoms with Crippen LogP contribution in [0.2, 0.25) is 0 Å². The maximum atomic E-state index is 11.9. The second-order valence-electron chi connectivity index (χ2n) is 3.32. The highest BCUT2D eigenvalue weighted by molar-refractivity contribution is 7.12. The predicted molar refractivity (Wildman–Crippen MR) is 67.5 cm³/mol. The van der Waals surface area contributed by atoms with Crippen molar-refractivity contribution in [2.75, 3.05) is 5.32 Å². The molecule has 0 aromatic carbocycles. The Labute approximate surface area is 106 Å². The Morgan fingerprint density at radius 1 is 1.50 bits per heavy atom. The number of hydrogen-bond donors (Lipinski definition) is 3. The number of hydrogen-bond acceptors (Lipinski definition) is 4. The van der Waals surface area contributed by atoms with Gasteiger partial charge < -0.3 is 10.4 Å². The van der Waals surface area contributed by atoms with Crippen LogP contribution < -0.4 is 5.32 Å². The van der Waals surface area contributed by atoms with E-state index in [4.69, 9.17) is 5.11 Å². The number of aromatic amines is 1. The molecule has 0 aliphatic carbocycles. The van der Waals surface area contributed by atoms with Crippen LogP contribution in [0.3, 0.4) is 0 Å². The molecule has 0 saturated heterocycles. The van der Waals surface area contributed by atoms with E-state index in [1.165, 1.54) is 23.6 Å². The third kappa shape index (κ3) is 2.83. The molecule has 2 heterocycles. The standard InChI is InChI=1S/C11H9N3O3S/c15-9(16)2-1-7-3-4-18-10(7)11(17)14-8-5-12-13-6-8/h1-6H,(H,12,13)(H,14,17)(H,15,16). The summed E-state index contributed by atoms with van der Waals surface area (Å²) in [6.07, 6.45) is 5.43. The molecule has 2 aromatic heterocycles. The van der Waals surface area contributed by atoms with Crippen molar-refractivity contribution in [2.24, 2.45) is 0 Å². The van der Waals surface area contributed by atoms with Crippen LogP contribution >= 0.6 is 11.3 Å². The topological polar surface area (TPSA) is 95.1 Å². The minimum atomic E-state index is -1.05. The first kappa shape index (κ1) is 12.1. The summed E-state index contributed by atoms with van der Waals surface area (Å²) >= 11 is 1.24. The lowest BCUT2D eigenvalue weighted by Gasteiger charge is -2.00. The summed E-state index contributed by atoms with van der Waals surface area (Å²) in [5, 5.41) is 19.2. The molecule has 0 aliphatic rings. The average molecular weight is 263 g/mol. The summed E-state index contributed by atoms with van der Waals surface area (Å²) in [5.74, 6) is -1.35. The van der Waals surface area contributed by atoms with Gasteiger partial charge >= 0.3 is 5.97 Å². The molecule has 0 radical (unpaired) electrons. The van der Waals surface area contributed by atoms with Gasteiger partial charge in [0.2, 0.25) is 0 Å². The fraction of sp³-hybridized carbons (Fsp3) is 0. The van der Waals surface area contributed by atoms with E-state index in [1.54, 1.807) is 17.6 Å². The van der Waals surface area contributed by atoms with E-state index in [0.717, 1.165) is 6.08 Å². The Hall–Kier alpha value is -2.41. The summed E-state index contributed by atoms with van der Waals surface area (Å²) < 4.78 is 0. The van der Waals surface area contributed by atoms with Crippen LogP contribution in [-0.2, 0) is 4.79 Å². The molecule has 2 aromatic rings. The zero-order valence-electron chi connectivity index (χ0n) is 9.08. The smallest absolute Gasteiger partial charge is 0.328 e. The molecule has 18 heavy (non-hydrogen) atoms. The highest BCUT2D eigenvalue weighted by Crippen LogP contribution is 2.19. The van der Waals surface area contributed by atoms with Crippen molar-refractivity contribution >= 4 is 35.0 Å². The van der Waals surface area contributed by atoms with Crippen molar-refractivity contribution < 1.29 is 14.7 Å². The molecule has 0 aliphatic heterocycles. The van der Waals surface area contributed by atoms with Gasteiger partial charge in [0.25, 0.3) is 5.91 Å². The Kier molecular flexibility index (Phi) is 3.54. The van der Waals surface area contributed by atoms with Crippen LogP contribution in [0.5, 0.6) is 0 Å². The number of carboxylic acid groups (broad SMARTS) is 1. The van der Waals surface area contributed by atoms with Gasteiger partial charge in [0.05, 0.1) is 16.8 Å². The number of H-pyrrole nitrogens is 1. The maximum absolute atomic E-state index is 11.9. The lowest BCUT2D eigenvalue weighted by Crippen LogP contribution is -2.10. The van der Waals surface area contributed by atoms with Crippen molar-refractivity contribution in [1.29, 1.82) is 0 Å². The number of thiophene rings is 1. The zero-order chi connectivity index (χ0) is 13.0. The van der Waals surface area contributed by atoms with Crippen molar-refractivity contribution in [3.8, 4) is 0 Å². The molecule has 92 valence electrons. The first-order valence-corrected chi connectivity index (χ1v) is 5.83. The SMILES string of the molecule is O=C(O)C=Cc1ccsc1C(=O)Nc1cn[nH]c1. The van der Waals surface area contributed by atoms with Gasteiger partial charge in [-0.05, 0) is 23.1 Å². The summed E-state index contributed by atoms with van der Waals surface area (Å²) in [4.78, 5) is 22.8. The number of aromatic nitrogens is 2. The second-order valence-corrected chi connectivity index (χ2v) is 4.23. The Bertz CT molecular complexity index is 586. The van der Waals surface area contributed by atoms with Crippen LogP contribution in [0.4, 0.5) is 5.69 Å². The number of nitrogens with one attached hydrogen (secondary N) is 2. The lowest BCUT2D eigenvalue weighted by molar-refractivity contribution is -0.131. The molecule has 2 rings (SSSR count). The van der Waals surface area contributed by atoms with Crippen LogP contribution in [-0.4, -0.2) is 27.2 Å². The summed E-state index contributed by atoms with van der Waals surface area (Å²) in [6.45, 7) is 0.